The van der Waals surface area contributed by atoms with Crippen LogP contribution in [0, 0.1) is 19.7 Å². The smallest absolute Gasteiger partial charge is 0.330 e. The number of aryl methyl sites for hydroxylation is 2. The fraction of sp³-hybridized carbons (Fsp3) is 0.188. The van der Waals surface area contributed by atoms with Crippen LogP contribution in [-0.4, -0.2) is 11.1 Å². The van der Waals surface area contributed by atoms with Gasteiger partial charge in [-0.25, -0.2) is 9.18 Å². The van der Waals surface area contributed by atoms with Crippen molar-refractivity contribution in [2.45, 2.75) is 19.9 Å². The Bertz CT molecular complexity index is 640. The Balaban J connectivity index is 2.32. The van der Waals surface area contributed by atoms with Crippen LogP contribution in [0.5, 0.6) is 0 Å². The van der Waals surface area contributed by atoms with Gasteiger partial charge in [0, 0.05) is 5.69 Å². The maximum atomic E-state index is 13.3. The normalized spacial score (nSPS) is 11.9. The van der Waals surface area contributed by atoms with Gasteiger partial charge >= 0.3 is 5.97 Å². The Kier molecular flexibility index (Phi) is 4.03. The number of nitrogens with one attached hydrogen (secondary N) is 1. The van der Waals surface area contributed by atoms with E-state index in [4.69, 9.17) is 0 Å². The van der Waals surface area contributed by atoms with Crippen molar-refractivity contribution in [1.82, 2.24) is 0 Å². The van der Waals surface area contributed by atoms with Crippen molar-refractivity contribution in [3.63, 3.8) is 0 Å². The van der Waals surface area contributed by atoms with Gasteiger partial charge in [0.05, 0.1) is 0 Å². The highest BCUT2D eigenvalue weighted by Gasteiger charge is 2.20. The fourth-order valence-electron chi connectivity index (χ4n) is 2.04. The van der Waals surface area contributed by atoms with Gasteiger partial charge in [-0.05, 0) is 48.7 Å². The molecule has 0 aliphatic rings. The van der Waals surface area contributed by atoms with E-state index in [2.05, 4.69) is 5.32 Å². The van der Waals surface area contributed by atoms with Gasteiger partial charge in [-0.3, -0.25) is 0 Å². The summed E-state index contributed by atoms with van der Waals surface area (Å²) in [5.41, 5.74) is 2.71. The van der Waals surface area contributed by atoms with Crippen LogP contribution in [0.1, 0.15) is 22.7 Å². The van der Waals surface area contributed by atoms with Gasteiger partial charge in [0.25, 0.3) is 0 Å². The number of benzene rings is 2. The molecular formula is C16H16FNO2. The molecule has 0 amide bonds. The van der Waals surface area contributed by atoms with Crippen LogP contribution in [-0.2, 0) is 4.79 Å². The maximum Gasteiger partial charge on any atom is 0.330 e. The summed E-state index contributed by atoms with van der Waals surface area (Å²) >= 11 is 0. The van der Waals surface area contributed by atoms with E-state index in [9.17, 15) is 14.3 Å². The molecule has 0 spiro atoms. The number of aliphatic carboxylic acids is 1. The molecule has 1 atom stereocenters. The van der Waals surface area contributed by atoms with Crippen molar-refractivity contribution in [3.8, 4) is 0 Å². The van der Waals surface area contributed by atoms with E-state index in [1.54, 1.807) is 19.1 Å². The molecule has 0 bridgehead atoms. The molecular weight excluding hydrogens is 257 g/mol. The van der Waals surface area contributed by atoms with Gasteiger partial charge in [0.2, 0.25) is 0 Å². The Hall–Kier alpha value is -2.36. The minimum absolute atomic E-state index is 0.339. The monoisotopic (exact) mass is 273 g/mol. The zero-order valence-corrected chi connectivity index (χ0v) is 11.4. The summed E-state index contributed by atoms with van der Waals surface area (Å²) < 4.78 is 13.3. The number of carboxylic acid groups (broad SMARTS) is 1. The third-order valence-electron chi connectivity index (χ3n) is 3.09. The molecule has 2 aromatic rings. The van der Waals surface area contributed by atoms with Gasteiger partial charge in [0.1, 0.15) is 5.82 Å². The van der Waals surface area contributed by atoms with Crippen molar-refractivity contribution in [2.75, 3.05) is 5.32 Å². The van der Waals surface area contributed by atoms with E-state index < -0.39 is 12.0 Å². The van der Waals surface area contributed by atoms with Crippen LogP contribution in [0.3, 0.4) is 0 Å². The molecule has 0 saturated heterocycles. The standard InChI is InChI=1S/C16H16FNO2/c1-10-4-3-5-13(8-10)18-15(16(19)20)12-6-7-14(17)11(2)9-12/h3-9,15,18H,1-2H3,(H,19,20). The Morgan fingerprint density at radius 3 is 2.55 bits per heavy atom. The molecule has 0 heterocycles. The second-order valence-corrected chi connectivity index (χ2v) is 4.79. The van der Waals surface area contributed by atoms with Gasteiger partial charge in [-0.1, -0.05) is 24.3 Å². The molecule has 2 aromatic carbocycles. The first kappa shape index (κ1) is 14.1. The first-order valence-corrected chi connectivity index (χ1v) is 6.29. The topological polar surface area (TPSA) is 49.3 Å². The summed E-state index contributed by atoms with van der Waals surface area (Å²) in [6, 6.07) is 10.9. The number of halogens is 1. The lowest BCUT2D eigenvalue weighted by Gasteiger charge is -2.17. The van der Waals surface area contributed by atoms with E-state index in [1.165, 1.54) is 12.1 Å². The number of rotatable bonds is 4. The second kappa shape index (κ2) is 5.74. The predicted molar refractivity (Wildman–Crippen MR) is 76.3 cm³/mol. The van der Waals surface area contributed by atoms with E-state index in [-0.39, 0.29) is 5.82 Å². The molecule has 0 saturated carbocycles. The summed E-state index contributed by atoms with van der Waals surface area (Å²) in [6.45, 7) is 3.55. The van der Waals surface area contributed by atoms with E-state index in [1.807, 2.05) is 25.1 Å². The third kappa shape index (κ3) is 3.15. The van der Waals surface area contributed by atoms with Crippen molar-refractivity contribution >= 4 is 11.7 Å². The van der Waals surface area contributed by atoms with Gasteiger partial charge in [0.15, 0.2) is 6.04 Å². The maximum absolute atomic E-state index is 13.3. The molecule has 1 unspecified atom stereocenters. The number of hydrogen-bond donors (Lipinski definition) is 2. The van der Waals surface area contributed by atoms with Crippen LogP contribution in [0.4, 0.5) is 10.1 Å². The summed E-state index contributed by atoms with van der Waals surface area (Å²) in [5.74, 6) is -1.34. The van der Waals surface area contributed by atoms with E-state index in [0.717, 1.165) is 11.3 Å². The number of carboxylic acids is 1. The number of carbonyl (C=O) groups is 1. The first-order valence-electron chi connectivity index (χ1n) is 6.29. The van der Waals surface area contributed by atoms with Crippen molar-refractivity contribution in [3.05, 3.63) is 65.0 Å². The molecule has 2 rings (SSSR count). The molecule has 0 fully saturated rings. The highest BCUT2D eigenvalue weighted by Crippen LogP contribution is 2.22. The van der Waals surface area contributed by atoms with E-state index in [0.29, 0.717) is 11.1 Å². The lowest BCUT2D eigenvalue weighted by Crippen LogP contribution is -2.20. The van der Waals surface area contributed by atoms with Crippen molar-refractivity contribution in [1.29, 1.82) is 0 Å². The van der Waals surface area contributed by atoms with Crippen LogP contribution in [0.2, 0.25) is 0 Å². The first-order chi connectivity index (χ1) is 9.47. The van der Waals surface area contributed by atoms with Gasteiger partial charge in [-0.2, -0.15) is 0 Å². The molecule has 0 aromatic heterocycles. The predicted octanol–water partition coefficient (Wildman–Crippen LogP) is 3.68. The lowest BCUT2D eigenvalue weighted by molar-refractivity contribution is -0.138. The highest BCUT2D eigenvalue weighted by molar-refractivity contribution is 5.79. The Labute approximate surface area is 117 Å². The summed E-state index contributed by atoms with van der Waals surface area (Å²) in [7, 11) is 0. The molecule has 104 valence electrons. The summed E-state index contributed by atoms with van der Waals surface area (Å²) in [6.07, 6.45) is 0. The molecule has 0 aliphatic heterocycles. The average Bonchev–Trinajstić information content (AvgIpc) is 2.39. The summed E-state index contributed by atoms with van der Waals surface area (Å²) in [4.78, 5) is 11.4. The minimum atomic E-state index is -1.00. The number of hydrogen-bond acceptors (Lipinski definition) is 2. The van der Waals surface area contributed by atoms with Gasteiger partial charge < -0.3 is 10.4 Å². The lowest BCUT2D eigenvalue weighted by atomic mass is 10.0. The quantitative estimate of drug-likeness (QED) is 0.893. The average molecular weight is 273 g/mol. The minimum Gasteiger partial charge on any atom is -0.479 e. The van der Waals surface area contributed by atoms with Crippen LogP contribution >= 0.6 is 0 Å². The zero-order chi connectivity index (χ0) is 14.7. The Morgan fingerprint density at radius 2 is 1.95 bits per heavy atom. The van der Waals surface area contributed by atoms with E-state index >= 15 is 0 Å². The fourth-order valence-corrected chi connectivity index (χ4v) is 2.04. The number of anilines is 1. The molecule has 2 N–H and O–H groups in total. The van der Waals surface area contributed by atoms with Crippen LogP contribution < -0.4 is 5.32 Å². The summed E-state index contributed by atoms with van der Waals surface area (Å²) in [5, 5.41) is 12.3. The molecule has 4 heteroatoms. The van der Waals surface area contributed by atoms with Crippen LogP contribution in [0.25, 0.3) is 0 Å². The second-order valence-electron chi connectivity index (χ2n) is 4.79. The van der Waals surface area contributed by atoms with Gasteiger partial charge in [-0.15, -0.1) is 0 Å². The molecule has 3 nitrogen and oxygen atoms in total. The van der Waals surface area contributed by atoms with Crippen LogP contribution in [0.15, 0.2) is 42.5 Å². The van der Waals surface area contributed by atoms with Crippen molar-refractivity contribution < 1.29 is 14.3 Å². The molecule has 0 aliphatic carbocycles. The zero-order valence-electron chi connectivity index (χ0n) is 11.4. The third-order valence-corrected chi connectivity index (χ3v) is 3.09. The largest absolute Gasteiger partial charge is 0.479 e. The molecule has 0 radical (unpaired) electrons. The van der Waals surface area contributed by atoms with Crippen molar-refractivity contribution in [2.24, 2.45) is 0 Å². The Morgan fingerprint density at radius 1 is 1.20 bits per heavy atom. The molecule has 20 heavy (non-hydrogen) atoms. The SMILES string of the molecule is Cc1cccc(NC(C(=O)O)c2ccc(F)c(C)c2)c1. The highest BCUT2D eigenvalue weighted by atomic mass is 19.1.